The van der Waals surface area contributed by atoms with Crippen molar-refractivity contribution in [3.8, 4) is 0 Å². The number of amides is 1. The quantitative estimate of drug-likeness (QED) is 0.867. The topological polar surface area (TPSA) is 47.6 Å². The molecule has 2 aliphatic carbocycles. The van der Waals surface area contributed by atoms with Gasteiger partial charge in [0.2, 0.25) is 5.91 Å². The Kier molecular flexibility index (Phi) is 4.28. The van der Waals surface area contributed by atoms with Gasteiger partial charge in [-0.15, -0.1) is 0 Å². The zero-order valence-electron chi connectivity index (χ0n) is 13.5. The molecule has 0 aromatic carbocycles. The maximum absolute atomic E-state index is 12.7. The maximum atomic E-state index is 12.7. The van der Waals surface area contributed by atoms with Gasteiger partial charge in [-0.1, -0.05) is 19.8 Å². The van der Waals surface area contributed by atoms with Crippen molar-refractivity contribution in [1.82, 2.24) is 5.32 Å². The Labute approximate surface area is 127 Å². The molecule has 1 saturated heterocycles. The van der Waals surface area contributed by atoms with Crippen LogP contribution in [-0.2, 0) is 14.3 Å². The summed E-state index contributed by atoms with van der Waals surface area (Å²) in [5.41, 5.74) is -0.0120. The van der Waals surface area contributed by atoms with Gasteiger partial charge in [0.05, 0.1) is 11.5 Å². The summed E-state index contributed by atoms with van der Waals surface area (Å²) in [6, 6.07) is 0.323. The molecule has 0 radical (unpaired) electrons. The Morgan fingerprint density at radius 3 is 2.52 bits per heavy atom. The van der Waals surface area contributed by atoms with E-state index in [1.54, 1.807) is 0 Å². The van der Waals surface area contributed by atoms with E-state index in [0.29, 0.717) is 25.4 Å². The molecule has 1 amide bonds. The summed E-state index contributed by atoms with van der Waals surface area (Å²) in [4.78, 5) is 12.7. The summed E-state index contributed by atoms with van der Waals surface area (Å²) in [5.74, 6) is 0.233. The fourth-order valence-electron chi connectivity index (χ4n) is 4.47. The lowest BCUT2D eigenvalue weighted by Gasteiger charge is -2.54. The van der Waals surface area contributed by atoms with Crippen molar-refractivity contribution in [3.63, 3.8) is 0 Å². The van der Waals surface area contributed by atoms with E-state index < -0.39 is 0 Å². The molecule has 4 nitrogen and oxygen atoms in total. The number of rotatable bonds is 4. The Hall–Kier alpha value is -0.610. The minimum absolute atomic E-state index is 0.229. The normalized spacial score (nSPS) is 33.6. The van der Waals surface area contributed by atoms with Crippen LogP contribution in [0.3, 0.4) is 0 Å². The standard InChI is InChI=1S/C17H29NO3/c1-3-21-14-12-13(17(14)6-4-5-7-17)18-15(19)16(2)8-10-20-11-9-16/h13-14H,3-12H2,1-2H3,(H,18,19)/t13-,14+/m1/s1. The second-order valence-electron chi connectivity index (χ2n) is 7.32. The number of nitrogens with one attached hydrogen (secondary N) is 1. The zero-order chi connectivity index (χ0) is 14.9. The molecule has 0 aromatic heterocycles. The van der Waals surface area contributed by atoms with E-state index in [-0.39, 0.29) is 16.7 Å². The van der Waals surface area contributed by atoms with Gasteiger partial charge in [0, 0.05) is 31.3 Å². The summed E-state index contributed by atoms with van der Waals surface area (Å²) >= 11 is 0. The van der Waals surface area contributed by atoms with Crippen LogP contribution >= 0.6 is 0 Å². The predicted molar refractivity (Wildman–Crippen MR) is 81.0 cm³/mol. The first-order valence-corrected chi connectivity index (χ1v) is 8.61. The Balaban J connectivity index is 1.63. The van der Waals surface area contributed by atoms with Crippen molar-refractivity contribution >= 4 is 5.91 Å². The van der Waals surface area contributed by atoms with Crippen molar-refractivity contribution in [2.75, 3.05) is 19.8 Å². The summed E-state index contributed by atoms with van der Waals surface area (Å²) in [6.07, 6.45) is 8.01. The first kappa shape index (κ1) is 15.3. The van der Waals surface area contributed by atoms with Gasteiger partial charge in [0.15, 0.2) is 0 Å². The van der Waals surface area contributed by atoms with Gasteiger partial charge in [-0.3, -0.25) is 4.79 Å². The molecule has 2 saturated carbocycles. The molecule has 3 aliphatic rings. The summed E-state index contributed by atoms with van der Waals surface area (Å²) in [6.45, 7) is 6.35. The summed E-state index contributed by atoms with van der Waals surface area (Å²) in [7, 11) is 0. The third-order valence-corrected chi connectivity index (χ3v) is 6.14. The van der Waals surface area contributed by atoms with Crippen molar-refractivity contribution in [3.05, 3.63) is 0 Å². The SMILES string of the molecule is CCO[C@H]1C[C@@H](NC(=O)C2(C)CCOCC2)C12CCCC2. The largest absolute Gasteiger partial charge is 0.381 e. The number of carbonyl (C=O) groups is 1. The highest BCUT2D eigenvalue weighted by Gasteiger charge is 2.57. The van der Waals surface area contributed by atoms with Crippen LogP contribution in [-0.4, -0.2) is 37.9 Å². The first-order chi connectivity index (χ1) is 10.1. The molecule has 1 aliphatic heterocycles. The van der Waals surface area contributed by atoms with Gasteiger partial charge >= 0.3 is 0 Å². The van der Waals surface area contributed by atoms with Gasteiger partial charge in [-0.2, -0.15) is 0 Å². The Bertz CT molecular complexity index is 383. The van der Waals surface area contributed by atoms with E-state index in [2.05, 4.69) is 19.2 Å². The fraction of sp³-hybridized carbons (Fsp3) is 0.941. The number of hydrogen-bond donors (Lipinski definition) is 1. The van der Waals surface area contributed by atoms with E-state index in [4.69, 9.17) is 9.47 Å². The molecule has 3 fully saturated rings. The van der Waals surface area contributed by atoms with Crippen LogP contribution in [0.15, 0.2) is 0 Å². The van der Waals surface area contributed by atoms with Gasteiger partial charge in [0.25, 0.3) is 0 Å². The average Bonchev–Trinajstić information content (AvgIpc) is 2.99. The molecular formula is C17H29NO3. The smallest absolute Gasteiger partial charge is 0.226 e. The van der Waals surface area contributed by atoms with Crippen molar-refractivity contribution < 1.29 is 14.3 Å². The fourth-order valence-corrected chi connectivity index (χ4v) is 4.47. The molecule has 21 heavy (non-hydrogen) atoms. The lowest BCUT2D eigenvalue weighted by Crippen LogP contribution is -2.65. The molecular weight excluding hydrogens is 266 g/mol. The molecule has 0 bridgehead atoms. The monoisotopic (exact) mass is 295 g/mol. The average molecular weight is 295 g/mol. The highest BCUT2D eigenvalue weighted by molar-refractivity contribution is 5.82. The van der Waals surface area contributed by atoms with Crippen LogP contribution in [0.5, 0.6) is 0 Å². The third-order valence-electron chi connectivity index (χ3n) is 6.14. The van der Waals surface area contributed by atoms with Crippen LogP contribution in [0.4, 0.5) is 0 Å². The van der Waals surface area contributed by atoms with Crippen molar-refractivity contribution in [1.29, 1.82) is 0 Å². The number of carbonyl (C=O) groups excluding carboxylic acids is 1. The second kappa shape index (κ2) is 5.88. The molecule has 1 N–H and O–H groups in total. The van der Waals surface area contributed by atoms with Crippen LogP contribution < -0.4 is 5.32 Å². The second-order valence-corrected chi connectivity index (χ2v) is 7.32. The van der Waals surface area contributed by atoms with E-state index >= 15 is 0 Å². The van der Waals surface area contributed by atoms with Gasteiger partial charge < -0.3 is 14.8 Å². The van der Waals surface area contributed by atoms with Gasteiger partial charge in [-0.05, 0) is 39.0 Å². The lowest BCUT2D eigenvalue weighted by molar-refractivity contribution is -0.153. The Morgan fingerprint density at radius 2 is 1.90 bits per heavy atom. The summed E-state index contributed by atoms with van der Waals surface area (Å²) in [5, 5.41) is 3.37. The van der Waals surface area contributed by atoms with Gasteiger partial charge in [-0.25, -0.2) is 0 Å². The number of ether oxygens (including phenoxy) is 2. The van der Waals surface area contributed by atoms with Crippen LogP contribution in [0.2, 0.25) is 0 Å². The highest BCUT2D eigenvalue weighted by atomic mass is 16.5. The predicted octanol–water partition coefficient (Wildman–Crippen LogP) is 2.66. The van der Waals surface area contributed by atoms with E-state index in [1.807, 2.05) is 0 Å². The Morgan fingerprint density at radius 1 is 1.24 bits per heavy atom. The van der Waals surface area contributed by atoms with E-state index in [9.17, 15) is 4.79 Å². The molecule has 1 heterocycles. The van der Waals surface area contributed by atoms with Crippen LogP contribution in [0.1, 0.15) is 58.8 Å². The van der Waals surface area contributed by atoms with E-state index in [0.717, 1.165) is 25.9 Å². The molecule has 3 rings (SSSR count). The van der Waals surface area contributed by atoms with Crippen LogP contribution in [0.25, 0.3) is 0 Å². The molecule has 0 unspecified atom stereocenters. The van der Waals surface area contributed by atoms with Crippen molar-refractivity contribution in [2.24, 2.45) is 10.8 Å². The molecule has 4 heteroatoms. The number of hydrogen-bond acceptors (Lipinski definition) is 3. The molecule has 2 atom stereocenters. The van der Waals surface area contributed by atoms with Gasteiger partial charge in [0.1, 0.15) is 0 Å². The first-order valence-electron chi connectivity index (χ1n) is 8.61. The minimum Gasteiger partial charge on any atom is -0.381 e. The third kappa shape index (κ3) is 2.61. The summed E-state index contributed by atoms with van der Waals surface area (Å²) < 4.78 is 11.3. The maximum Gasteiger partial charge on any atom is 0.226 e. The van der Waals surface area contributed by atoms with Crippen molar-refractivity contribution in [2.45, 2.75) is 70.9 Å². The molecule has 120 valence electrons. The highest BCUT2D eigenvalue weighted by Crippen LogP contribution is 2.55. The molecule has 1 spiro atoms. The minimum atomic E-state index is -0.241. The zero-order valence-corrected chi connectivity index (χ0v) is 13.5. The molecule has 0 aromatic rings. The lowest BCUT2D eigenvalue weighted by atomic mass is 9.60. The van der Waals surface area contributed by atoms with Crippen LogP contribution in [0, 0.1) is 10.8 Å². The van der Waals surface area contributed by atoms with E-state index in [1.165, 1.54) is 25.7 Å².